The molecule has 0 N–H and O–H groups in total. The fourth-order valence-corrected chi connectivity index (χ4v) is 1.87. The Morgan fingerprint density at radius 3 is 2.53 bits per heavy atom. The molecule has 7 heteroatoms. The molecule has 0 spiro atoms. The van der Waals surface area contributed by atoms with Crippen LogP contribution in [0.2, 0.25) is 18.1 Å². The van der Waals surface area contributed by atoms with Gasteiger partial charge in [0.25, 0.3) is 0 Å². The molecule has 0 aliphatic carbocycles. The average Bonchev–Trinajstić information content (AvgIpc) is 2.57. The smallest absolute Gasteiger partial charge is 0.441 e. The molecule has 0 radical (unpaired) electrons. The predicted octanol–water partition coefficient (Wildman–Crippen LogP) is 2.98. The Bertz CT molecular complexity index is 526. The summed E-state index contributed by atoms with van der Waals surface area (Å²) in [4.78, 5) is 11.2. The van der Waals surface area contributed by atoms with Gasteiger partial charge in [0.2, 0.25) is 8.32 Å². The summed E-state index contributed by atoms with van der Waals surface area (Å²) < 4.78 is 24.9. The van der Waals surface area contributed by atoms with Crippen LogP contribution in [-0.4, -0.2) is 18.0 Å². The Kier molecular flexibility index (Phi) is 4.39. The summed E-state index contributed by atoms with van der Waals surface area (Å²) in [6.07, 6.45) is 1.11. The number of nitrogens with zero attached hydrogens (tertiary/aromatic N) is 2. The second-order valence-electron chi connectivity index (χ2n) is 6.02. The lowest BCUT2D eigenvalue weighted by molar-refractivity contribution is 0.368. The van der Waals surface area contributed by atoms with Crippen LogP contribution in [0.15, 0.2) is 21.4 Å². The van der Waals surface area contributed by atoms with E-state index < -0.39 is 19.9 Å². The Hall–Kier alpha value is -1.37. The van der Waals surface area contributed by atoms with Crippen molar-refractivity contribution in [3.05, 3.63) is 28.5 Å². The monoisotopic (exact) mass is 288 g/mol. The molecule has 5 nitrogen and oxygen atoms in total. The van der Waals surface area contributed by atoms with Crippen molar-refractivity contribution in [3.8, 4) is 0 Å². The Morgan fingerprint density at radius 2 is 2.11 bits per heavy atom. The summed E-state index contributed by atoms with van der Waals surface area (Å²) in [6, 6.07) is 0. The molecule has 108 valence electrons. The van der Waals surface area contributed by atoms with Crippen LogP contribution in [-0.2, 0) is 11.0 Å². The van der Waals surface area contributed by atoms with E-state index in [1.54, 1.807) is 6.92 Å². The van der Waals surface area contributed by atoms with Gasteiger partial charge in [0.1, 0.15) is 0 Å². The molecular formula is C12H21FN2O3Si. The van der Waals surface area contributed by atoms with Gasteiger partial charge in [0, 0.05) is 0 Å². The molecule has 0 bridgehead atoms. The van der Waals surface area contributed by atoms with Gasteiger partial charge >= 0.3 is 5.76 Å². The number of hydrogen-bond acceptors (Lipinski definition) is 4. The highest BCUT2D eigenvalue weighted by Gasteiger charge is 2.38. The summed E-state index contributed by atoms with van der Waals surface area (Å²) in [5.41, 5.74) is 0. The molecule has 1 rings (SSSR count). The zero-order valence-corrected chi connectivity index (χ0v) is 13.3. The Labute approximate surface area is 113 Å². The number of rotatable bonds is 4. The van der Waals surface area contributed by atoms with Crippen molar-refractivity contribution in [2.45, 2.75) is 52.4 Å². The van der Waals surface area contributed by atoms with Crippen molar-refractivity contribution < 1.29 is 13.3 Å². The quantitative estimate of drug-likeness (QED) is 0.631. The fraction of sp³-hybridized carbons (Fsp3) is 0.667. The first kappa shape index (κ1) is 15.7. The Morgan fingerprint density at radius 1 is 1.53 bits per heavy atom. The molecule has 0 fully saturated rings. The molecule has 0 aromatic carbocycles. The van der Waals surface area contributed by atoms with Crippen molar-refractivity contribution in [1.82, 2.24) is 9.72 Å². The van der Waals surface area contributed by atoms with E-state index in [-0.39, 0.29) is 11.6 Å². The maximum absolute atomic E-state index is 13.8. The van der Waals surface area contributed by atoms with Gasteiger partial charge in [-0.1, -0.05) is 25.9 Å². The van der Waals surface area contributed by atoms with Crippen LogP contribution < -0.4 is 5.76 Å². The van der Waals surface area contributed by atoms with E-state index >= 15 is 0 Å². The van der Waals surface area contributed by atoms with Gasteiger partial charge in [-0.25, -0.2) is 9.18 Å². The summed E-state index contributed by atoms with van der Waals surface area (Å²) in [5, 5.41) is 3.46. The zero-order valence-electron chi connectivity index (χ0n) is 12.3. The molecule has 0 saturated heterocycles. The largest absolute Gasteiger partial charge is 0.547 e. The summed E-state index contributed by atoms with van der Waals surface area (Å²) in [5.74, 6) is -0.868. The Balaban J connectivity index is 2.77. The van der Waals surface area contributed by atoms with Crippen LogP contribution in [0.25, 0.3) is 0 Å². The highest BCUT2D eigenvalue weighted by atomic mass is 28.4. The topological polar surface area (TPSA) is 57.3 Å². The molecular weight excluding hydrogens is 267 g/mol. The zero-order chi connectivity index (χ0) is 14.8. The standard InChI is InChI=1S/C12H21FN2O3Si/c1-9-14-18-11(16)15(9)7-10(13)8-17-19(5,6)12(2,3)4/h8H,7H2,1-6H3/b10-8+. The lowest BCUT2D eigenvalue weighted by atomic mass is 10.2. The third kappa shape index (κ3) is 3.79. The first-order valence-corrected chi connectivity index (χ1v) is 9.01. The summed E-state index contributed by atoms with van der Waals surface area (Å²) in [6.45, 7) is 11.6. The van der Waals surface area contributed by atoms with E-state index in [0.717, 1.165) is 10.8 Å². The molecule has 1 aromatic heterocycles. The minimum absolute atomic E-state index is 0.00622. The SMILES string of the molecule is Cc1noc(=O)n1C/C(F)=C\O[Si](C)(C)C(C)(C)C. The first-order valence-electron chi connectivity index (χ1n) is 6.10. The number of aromatic nitrogens is 2. The van der Waals surface area contributed by atoms with Crippen molar-refractivity contribution in [2.75, 3.05) is 0 Å². The average molecular weight is 288 g/mol. The van der Waals surface area contributed by atoms with Crippen LogP contribution in [0.5, 0.6) is 0 Å². The lowest BCUT2D eigenvalue weighted by Gasteiger charge is -2.34. The maximum Gasteiger partial charge on any atom is 0.441 e. The molecule has 0 atom stereocenters. The second kappa shape index (κ2) is 5.32. The molecule has 0 aliphatic rings. The number of allylic oxidation sites excluding steroid dienone is 1. The number of halogens is 1. The summed E-state index contributed by atoms with van der Waals surface area (Å²) in [7, 11) is -2.04. The number of aryl methyl sites for hydroxylation is 1. The summed E-state index contributed by atoms with van der Waals surface area (Å²) >= 11 is 0. The van der Waals surface area contributed by atoms with Crippen molar-refractivity contribution in [1.29, 1.82) is 0 Å². The van der Waals surface area contributed by atoms with E-state index in [9.17, 15) is 9.18 Å². The van der Waals surface area contributed by atoms with Crippen LogP contribution in [0.4, 0.5) is 4.39 Å². The van der Waals surface area contributed by atoms with Crippen LogP contribution in [0.3, 0.4) is 0 Å². The normalized spacial score (nSPS) is 13.7. The van der Waals surface area contributed by atoms with Crippen molar-refractivity contribution >= 4 is 8.32 Å². The van der Waals surface area contributed by atoms with E-state index in [1.807, 2.05) is 13.1 Å². The fourth-order valence-electron chi connectivity index (χ4n) is 1.09. The van der Waals surface area contributed by atoms with Gasteiger partial charge in [0.05, 0.1) is 12.8 Å². The highest BCUT2D eigenvalue weighted by Crippen LogP contribution is 2.36. The van der Waals surface area contributed by atoms with Crippen molar-refractivity contribution in [3.63, 3.8) is 0 Å². The third-order valence-electron chi connectivity index (χ3n) is 3.46. The highest BCUT2D eigenvalue weighted by molar-refractivity contribution is 6.74. The van der Waals surface area contributed by atoms with E-state index in [1.165, 1.54) is 0 Å². The predicted molar refractivity (Wildman–Crippen MR) is 73.0 cm³/mol. The molecule has 1 heterocycles. The third-order valence-corrected chi connectivity index (χ3v) is 7.78. The molecule has 0 amide bonds. The van der Waals surface area contributed by atoms with E-state index in [4.69, 9.17) is 4.43 Å². The maximum atomic E-state index is 13.8. The van der Waals surface area contributed by atoms with Crippen LogP contribution in [0, 0.1) is 6.92 Å². The minimum Gasteiger partial charge on any atom is -0.547 e. The first-order chi connectivity index (χ1) is 8.54. The van der Waals surface area contributed by atoms with Crippen LogP contribution in [0.1, 0.15) is 26.6 Å². The van der Waals surface area contributed by atoms with Gasteiger partial charge < -0.3 is 4.43 Å². The molecule has 1 aromatic rings. The van der Waals surface area contributed by atoms with Crippen LogP contribution >= 0.6 is 0 Å². The molecule has 0 aliphatic heterocycles. The van der Waals surface area contributed by atoms with Gasteiger partial charge in [-0.15, -0.1) is 0 Å². The lowest BCUT2D eigenvalue weighted by Crippen LogP contribution is -2.39. The van der Waals surface area contributed by atoms with Gasteiger partial charge in [-0.05, 0) is 25.1 Å². The van der Waals surface area contributed by atoms with Gasteiger partial charge in [-0.2, -0.15) is 0 Å². The van der Waals surface area contributed by atoms with Crippen molar-refractivity contribution in [2.24, 2.45) is 0 Å². The van der Waals surface area contributed by atoms with E-state index in [0.29, 0.717) is 5.82 Å². The molecule has 0 saturated carbocycles. The second-order valence-corrected chi connectivity index (χ2v) is 10.8. The van der Waals surface area contributed by atoms with Gasteiger partial charge in [0.15, 0.2) is 11.7 Å². The van der Waals surface area contributed by atoms with E-state index in [2.05, 4.69) is 30.5 Å². The minimum atomic E-state index is -2.04. The molecule has 19 heavy (non-hydrogen) atoms. The number of hydrogen-bond donors (Lipinski definition) is 0. The molecule has 0 unspecified atom stereocenters. The van der Waals surface area contributed by atoms with Gasteiger partial charge in [-0.3, -0.25) is 9.09 Å².